The third-order valence-corrected chi connectivity index (χ3v) is 4.83. The summed E-state index contributed by atoms with van der Waals surface area (Å²) in [6.07, 6.45) is -2.95. The molecule has 0 unspecified atom stereocenters. The van der Waals surface area contributed by atoms with Gasteiger partial charge in [0.05, 0.1) is 33.4 Å². The number of ether oxygens (including phenoxy) is 2. The Bertz CT molecular complexity index is 1030. The zero-order chi connectivity index (χ0) is 20.5. The number of hydrogen-bond donors (Lipinski definition) is 0. The van der Waals surface area contributed by atoms with E-state index in [0.29, 0.717) is 11.3 Å². The monoisotopic (exact) mass is 431 g/mol. The molecule has 0 radical (unpaired) electrons. The molecule has 0 aliphatic heterocycles. The van der Waals surface area contributed by atoms with E-state index in [1.807, 2.05) is 0 Å². The van der Waals surface area contributed by atoms with Crippen LogP contribution in [0.15, 0.2) is 42.6 Å². The Kier molecular flexibility index (Phi) is 5.76. The SMILES string of the molecule is CCOC(=O)COc1ccc2ccn(-c3ccc(C(F)(F)F)c(Cl)c3Cl)c2c1. The molecule has 1 aromatic heterocycles. The minimum Gasteiger partial charge on any atom is -0.482 e. The standard InChI is InChI=1S/C19H14Cl2F3NO3/c1-2-27-16(26)10-28-12-4-3-11-7-8-25(15(11)9-12)14-6-5-13(19(22,23)24)17(20)18(14)21/h3-9H,2,10H2,1H3. The maximum atomic E-state index is 13.0. The second-order valence-electron chi connectivity index (χ2n) is 5.76. The molecule has 9 heteroatoms. The molecule has 0 aliphatic carbocycles. The van der Waals surface area contributed by atoms with Gasteiger partial charge in [-0.05, 0) is 37.3 Å². The number of aromatic nitrogens is 1. The van der Waals surface area contributed by atoms with Gasteiger partial charge in [-0.1, -0.05) is 23.2 Å². The normalized spacial score (nSPS) is 11.6. The number of carbonyl (C=O) groups is 1. The Labute approximate surface area is 168 Å². The summed E-state index contributed by atoms with van der Waals surface area (Å²) in [7, 11) is 0. The summed E-state index contributed by atoms with van der Waals surface area (Å²) >= 11 is 12.0. The number of esters is 1. The average Bonchev–Trinajstić information content (AvgIpc) is 3.04. The Balaban J connectivity index is 1.99. The first-order valence-electron chi connectivity index (χ1n) is 8.17. The summed E-state index contributed by atoms with van der Waals surface area (Å²) in [6.45, 7) is 1.68. The van der Waals surface area contributed by atoms with Gasteiger partial charge < -0.3 is 14.0 Å². The van der Waals surface area contributed by atoms with Crippen LogP contribution < -0.4 is 4.74 Å². The molecule has 0 saturated carbocycles. The van der Waals surface area contributed by atoms with E-state index in [9.17, 15) is 18.0 Å². The van der Waals surface area contributed by atoms with Gasteiger partial charge in [0, 0.05) is 17.6 Å². The van der Waals surface area contributed by atoms with E-state index in [1.165, 1.54) is 6.07 Å². The van der Waals surface area contributed by atoms with E-state index in [0.717, 1.165) is 11.5 Å². The van der Waals surface area contributed by atoms with E-state index >= 15 is 0 Å². The highest BCUT2D eigenvalue weighted by Gasteiger charge is 2.34. The second kappa shape index (κ2) is 7.93. The molecule has 148 valence electrons. The lowest BCUT2D eigenvalue weighted by molar-refractivity contribution is -0.145. The van der Waals surface area contributed by atoms with E-state index in [-0.39, 0.29) is 23.9 Å². The van der Waals surface area contributed by atoms with Gasteiger partial charge >= 0.3 is 12.1 Å². The number of carbonyl (C=O) groups excluding carboxylic acids is 1. The Morgan fingerprint density at radius 3 is 2.54 bits per heavy atom. The van der Waals surface area contributed by atoms with Crippen LogP contribution in [0.3, 0.4) is 0 Å². The molecule has 3 aromatic rings. The van der Waals surface area contributed by atoms with Crippen LogP contribution in [0.2, 0.25) is 10.0 Å². The fourth-order valence-corrected chi connectivity index (χ4v) is 3.22. The van der Waals surface area contributed by atoms with Gasteiger partial charge in [-0.25, -0.2) is 4.79 Å². The largest absolute Gasteiger partial charge is 0.482 e. The molecule has 0 atom stereocenters. The lowest BCUT2D eigenvalue weighted by Crippen LogP contribution is -2.14. The lowest BCUT2D eigenvalue weighted by atomic mass is 10.2. The predicted molar refractivity (Wildman–Crippen MR) is 100 cm³/mol. The fourth-order valence-electron chi connectivity index (χ4n) is 2.70. The fraction of sp³-hybridized carbons (Fsp3) is 0.211. The molecule has 0 N–H and O–H groups in total. The molecule has 0 bridgehead atoms. The van der Waals surface area contributed by atoms with Crippen molar-refractivity contribution in [2.45, 2.75) is 13.1 Å². The smallest absolute Gasteiger partial charge is 0.417 e. The molecule has 3 rings (SSSR count). The summed E-state index contributed by atoms with van der Waals surface area (Å²) in [5, 5.41) is 0.0191. The minimum atomic E-state index is -4.61. The van der Waals surface area contributed by atoms with Crippen molar-refractivity contribution in [3.63, 3.8) is 0 Å². The Morgan fingerprint density at radius 2 is 1.86 bits per heavy atom. The molecule has 28 heavy (non-hydrogen) atoms. The van der Waals surface area contributed by atoms with Crippen molar-refractivity contribution in [2.24, 2.45) is 0 Å². The van der Waals surface area contributed by atoms with E-state index in [1.54, 1.807) is 42.0 Å². The summed E-state index contributed by atoms with van der Waals surface area (Å²) in [4.78, 5) is 11.4. The van der Waals surface area contributed by atoms with Crippen LogP contribution in [0.4, 0.5) is 13.2 Å². The molecule has 2 aromatic carbocycles. The van der Waals surface area contributed by atoms with Crippen molar-refractivity contribution >= 4 is 40.1 Å². The van der Waals surface area contributed by atoms with E-state index in [2.05, 4.69) is 0 Å². The van der Waals surface area contributed by atoms with Crippen molar-refractivity contribution in [3.05, 3.63) is 58.2 Å². The molecule has 1 heterocycles. The predicted octanol–water partition coefficient (Wildman–Crippen LogP) is 5.90. The Morgan fingerprint density at radius 1 is 1.11 bits per heavy atom. The molecule has 0 spiro atoms. The first-order chi connectivity index (χ1) is 13.2. The highest BCUT2D eigenvalue weighted by atomic mass is 35.5. The maximum absolute atomic E-state index is 13.0. The quantitative estimate of drug-likeness (QED) is 0.472. The van der Waals surface area contributed by atoms with Crippen LogP contribution in [-0.4, -0.2) is 23.8 Å². The van der Waals surface area contributed by atoms with Gasteiger partial charge in [0.15, 0.2) is 6.61 Å². The first kappa shape index (κ1) is 20.4. The molecule has 0 saturated heterocycles. The highest BCUT2D eigenvalue weighted by Crippen LogP contribution is 2.41. The van der Waals surface area contributed by atoms with E-state index < -0.39 is 22.7 Å². The summed E-state index contributed by atoms with van der Waals surface area (Å²) in [5.74, 6) is -0.106. The number of hydrogen-bond acceptors (Lipinski definition) is 3. The molecular weight excluding hydrogens is 418 g/mol. The van der Waals surface area contributed by atoms with E-state index in [4.69, 9.17) is 32.7 Å². The topological polar surface area (TPSA) is 40.5 Å². The van der Waals surface area contributed by atoms with Gasteiger partial charge in [-0.2, -0.15) is 13.2 Å². The van der Waals surface area contributed by atoms with Crippen molar-refractivity contribution in [3.8, 4) is 11.4 Å². The second-order valence-corrected chi connectivity index (χ2v) is 6.51. The molecule has 4 nitrogen and oxygen atoms in total. The minimum absolute atomic E-state index is 0.216. The molecule has 0 amide bonds. The van der Waals surface area contributed by atoms with Crippen LogP contribution in [-0.2, 0) is 15.7 Å². The number of fused-ring (bicyclic) bond motifs is 1. The molecule has 0 fully saturated rings. The summed E-state index contributed by atoms with van der Waals surface area (Å²) in [6, 6.07) is 8.99. The third kappa shape index (κ3) is 4.05. The van der Waals surface area contributed by atoms with Crippen LogP contribution in [0, 0.1) is 0 Å². The number of alkyl halides is 3. The highest BCUT2D eigenvalue weighted by molar-refractivity contribution is 6.43. The number of rotatable bonds is 5. The van der Waals surface area contributed by atoms with Crippen molar-refractivity contribution in [1.29, 1.82) is 0 Å². The van der Waals surface area contributed by atoms with Crippen molar-refractivity contribution in [1.82, 2.24) is 4.57 Å². The van der Waals surface area contributed by atoms with Gasteiger partial charge in [0.1, 0.15) is 5.75 Å². The molecule has 0 aliphatic rings. The van der Waals surface area contributed by atoms with Crippen LogP contribution >= 0.6 is 23.2 Å². The Hall–Kier alpha value is -2.38. The summed E-state index contributed by atoms with van der Waals surface area (Å²) in [5.41, 5.74) is -0.0888. The lowest BCUT2D eigenvalue weighted by Gasteiger charge is -2.14. The van der Waals surface area contributed by atoms with Gasteiger partial charge in [0.2, 0.25) is 0 Å². The van der Waals surface area contributed by atoms with Crippen LogP contribution in [0.25, 0.3) is 16.6 Å². The summed E-state index contributed by atoms with van der Waals surface area (Å²) < 4.78 is 50.8. The number of halogens is 5. The number of nitrogens with zero attached hydrogens (tertiary/aromatic N) is 1. The van der Waals surface area contributed by atoms with Crippen LogP contribution in [0.1, 0.15) is 12.5 Å². The zero-order valence-electron chi connectivity index (χ0n) is 14.5. The first-order valence-corrected chi connectivity index (χ1v) is 8.93. The van der Waals surface area contributed by atoms with Gasteiger partial charge in [0.25, 0.3) is 0 Å². The third-order valence-electron chi connectivity index (χ3n) is 3.95. The zero-order valence-corrected chi connectivity index (χ0v) is 16.0. The van der Waals surface area contributed by atoms with Crippen molar-refractivity contribution in [2.75, 3.05) is 13.2 Å². The van der Waals surface area contributed by atoms with Crippen LogP contribution in [0.5, 0.6) is 5.75 Å². The van der Waals surface area contributed by atoms with Gasteiger partial charge in [-0.15, -0.1) is 0 Å². The number of benzene rings is 2. The average molecular weight is 432 g/mol. The maximum Gasteiger partial charge on any atom is 0.417 e. The molecular formula is C19H14Cl2F3NO3. The van der Waals surface area contributed by atoms with Gasteiger partial charge in [-0.3, -0.25) is 0 Å². The van der Waals surface area contributed by atoms with Crippen molar-refractivity contribution < 1.29 is 27.4 Å².